The monoisotopic (exact) mass is 353 g/mol. The number of hydrogen-bond donors (Lipinski definition) is 1. The van der Waals surface area contributed by atoms with Crippen LogP contribution in [0.5, 0.6) is 0 Å². The van der Waals surface area contributed by atoms with Crippen LogP contribution < -0.4 is 5.32 Å². The van der Waals surface area contributed by atoms with Gasteiger partial charge in [0.1, 0.15) is 0 Å². The van der Waals surface area contributed by atoms with Crippen molar-refractivity contribution in [3.05, 3.63) is 59.4 Å². The van der Waals surface area contributed by atoms with Gasteiger partial charge in [0.15, 0.2) is 5.13 Å². The smallest absolute Gasteiger partial charge is 0.227 e. The van der Waals surface area contributed by atoms with Gasteiger partial charge in [-0.15, -0.1) is 22.7 Å². The molecule has 24 heavy (non-hydrogen) atoms. The minimum atomic E-state index is -0.0140. The summed E-state index contributed by atoms with van der Waals surface area (Å²) < 4.78 is 2.11. The van der Waals surface area contributed by atoms with E-state index in [1.54, 1.807) is 11.3 Å². The zero-order valence-electron chi connectivity index (χ0n) is 12.8. The molecular formula is C18H15N3OS2. The van der Waals surface area contributed by atoms with Crippen LogP contribution in [0.2, 0.25) is 0 Å². The van der Waals surface area contributed by atoms with Gasteiger partial charge in [0.05, 0.1) is 10.6 Å². The predicted molar refractivity (Wildman–Crippen MR) is 101 cm³/mol. The predicted octanol–water partition coefficient (Wildman–Crippen LogP) is 4.86. The molecule has 0 radical (unpaired) electrons. The third-order valence-corrected chi connectivity index (χ3v) is 5.43. The van der Waals surface area contributed by atoms with E-state index in [0.717, 1.165) is 16.1 Å². The molecule has 0 bridgehead atoms. The molecule has 0 aliphatic carbocycles. The van der Waals surface area contributed by atoms with Crippen molar-refractivity contribution >= 4 is 44.6 Å². The SMILES string of the molecule is O=C(CCn1ccc2ccccc21)Nc1nc(-c2cccs2)cs1. The lowest BCUT2D eigenvalue weighted by molar-refractivity contribution is -0.116. The topological polar surface area (TPSA) is 46.9 Å². The van der Waals surface area contributed by atoms with Crippen LogP contribution in [0.1, 0.15) is 6.42 Å². The third kappa shape index (κ3) is 3.11. The Hall–Kier alpha value is -2.44. The number of nitrogens with zero attached hydrogens (tertiary/aromatic N) is 2. The molecule has 120 valence electrons. The highest BCUT2D eigenvalue weighted by Gasteiger charge is 2.09. The van der Waals surface area contributed by atoms with Gasteiger partial charge in [-0.1, -0.05) is 24.3 Å². The molecule has 0 spiro atoms. The molecule has 0 fully saturated rings. The van der Waals surface area contributed by atoms with Crippen molar-refractivity contribution in [3.8, 4) is 10.6 Å². The average molecular weight is 353 g/mol. The van der Waals surface area contributed by atoms with E-state index in [2.05, 4.69) is 33.1 Å². The number of fused-ring (bicyclic) bond motifs is 1. The molecular weight excluding hydrogens is 338 g/mol. The second-order valence-electron chi connectivity index (χ2n) is 5.38. The van der Waals surface area contributed by atoms with Crippen LogP contribution >= 0.6 is 22.7 Å². The summed E-state index contributed by atoms with van der Waals surface area (Å²) in [7, 11) is 0. The maximum absolute atomic E-state index is 12.2. The largest absolute Gasteiger partial charge is 0.347 e. The van der Waals surface area contributed by atoms with Gasteiger partial charge < -0.3 is 9.88 Å². The molecule has 0 aliphatic heterocycles. The molecule has 6 heteroatoms. The fourth-order valence-corrected chi connectivity index (χ4v) is 4.10. The Morgan fingerprint density at radius 1 is 1.12 bits per heavy atom. The van der Waals surface area contributed by atoms with Gasteiger partial charge in [0.2, 0.25) is 5.91 Å². The van der Waals surface area contributed by atoms with Gasteiger partial charge >= 0.3 is 0 Å². The first-order valence-electron chi connectivity index (χ1n) is 7.63. The molecule has 3 aromatic heterocycles. The zero-order valence-corrected chi connectivity index (χ0v) is 14.4. The van der Waals surface area contributed by atoms with Crippen molar-refractivity contribution < 1.29 is 4.79 Å². The highest BCUT2D eigenvalue weighted by Crippen LogP contribution is 2.28. The standard InChI is InChI=1S/C18H15N3OS2/c22-17(8-10-21-9-7-13-4-1-2-5-15(13)21)20-18-19-14(12-24-18)16-6-3-11-23-16/h1-7,9,11-12H,8,10H2,(H,19,20,22). The molecule has 0 unspecified atom stereocenters. The van der Waals surface area contributed by atoms with Gasteiger partial charge in [-0.05, 0) is 29.0 Å². The molecule has 1 N–H and O–H groups in total. The van der Waals surface area contributed by atoms with Crippen molar-refractivity contribution in [1.82, 2.24) is 9.55 Å². The number of carbonyl (C=O) groups is 1. The van der Waals surface area contributed by atoms with E-state index in [1.807, 2.05) is 41.2 Å². The molecule has 3 heterocycles. The Labute approximate surface area is 147 Å². The number of aromatic nitrogens is 2. The van der Waals surface area contributed by atoms with Crippen LogP contribution in [0.25, 0.3) is 21.5 Å². The highest BCUT2D eigenvalue weighted by molar-refractivity contribution is 7.16. The van der Waals surface area contributed by atoms with Crippen LogP contribution in [-0.2, 0) is 11.3 Å². The Morgan fingerprint density at radius 2 is 2.04 bits per heavy atom. The van der Waals surface area contributed by atoms with E-state index in [4.69, 9.17) is 0 Å². The Morgan fingerprint density at radius 3 is 2.92 bits per heavy atom. The minimum Gasteiger partial charge on any atom is -0.347 e. The molecule has 4 nitrogen and oxygen atoms in total. The molecule has 1 amide bonds. The number of carbonyl (C=O) groups excluding carboxylic acids is 1. The number of rotatable bonds is 5. The fraction of sp³-hybridized carbons (Fsp3) is 0.111. The molecule has 4 rings (SSSR count). The minimum absolute atomic E-state index is 0.0140. The summed E-state index contributed by atoms with van der Waals surface area (Å²) >= 11 is 3.10. The number of thiophene rings is 1. The number of anilines is 1. The Bertz CT molecular complexity index is 969. The van der Waals surface area contributed by atoms with Crippen molar-refractivity contribution in [2.45, 2.75) is 13.0 Å². The van der Waals surface area contributed by atoms with Gasteiger partial charge in [0, 0.05) is 30.1 Å². The second-order valence-corrected chi connectivity index (χ2v) is 7.19. The van der Waals surface area contributed by atoms with E-state index in [0.29, 0.717) is 18.1 Å². The summed E-state index contributed by atoms with van der Waals surface area (Å²) in [4.78, 5) is 17.8. The van der Waals surface area contributed by atoms with Crippen LogP contribution in [-0.4, -0.2) is 15.5 Å². The quantitative estimate of drug-likeness (QED) is 0.557. The zero-order chi connectivity index (χ0) is 16.4. The molecule has 0 aliphatic rings. The molecule has 0 saturated heterocycles. The van der Waals surface area contributed by atoms with Crippen molar-refractivity contribution in [1.29, 1.82) is 0 Å². The maximum Gasteiger partial charge on any atom is 0.227 e. The normalized spacial score (nSPS) is 11.0. The van der Waals surface area contributed by atoms with Gasteiger partial charge in [-0.25, -0.2) is 4.98 Å². The van der Waals surface area contributed by atoms with E-state index in [9.17, 15) is 4.79 Å². The summed E-state index contributed by atoms with van der Waals surface area (Å²) in [5.41, 5.74) is 2.07. The Kier molecular flexibility index (Phi) is 4.15. The van der Waals surface area contributed by atoms with E-state index >= 15 is 0 Å². The lowest BCUT2D eigenvalue weighted by atomic mass is 10.2. The number of nitrogens with one attached hydrogen (secondary N) is 1. The van der Waals surface area contributed by atoms with Crippen molar-refractivity contribution in [2.24, 2.45) is 0 Å². The highest BCUT2D eigenvalue weighted by atomic mass is 32.1. The maximum atomic E-state index is 12.2. The first kappa shape index (κ1) is 15.1. The third-order valence-electron chi connectivity index (χ3n) is 3.78. The lowest BCUT2D eigenvalue weighted by Crippen LogP contribution is -2.14. The van der Waals surface area contributed by atoms with Crippen molar-refractivity contribution in [2.75, 3.05) is 5.32 Å². The number of para-hydroxylation sites is 1. The van der Waals surface area contributed by atoms with Gasteiger partial charge in [-0.3, -0.25) is 4.79 Å². The van der Waals surface area contributed by atoms with Crippen LogP contribution in [0.15, 0.2) is 59.4 Å². The summed E-state index contributed by atoms with van der Waals surface area (Å²) in [6, 6.07) is 14.3. The number of hydrogen-bond acceptors (Lipinski definition) is 4. The summed E-state index contributed by atoms with van der Waals surface area (Å²) in [6.45, 7) is 0.655. The number of benzene rings is 1. The van der Waals surface area contributed by atoms with Gasteiger partial charge in [0.25, 0.3) is 0 Å². The molecule has 0 atom stereocenters. The van der Waals surface area contributed by atoms with E-state index < -0.39 is 0 Å². The lowest BCUT2D eigenvalue weighted by Gasteiger charge is -2.05. The number of aryl methyl sites for hydroxylation is 1. The van der Waals surface area contributed by atoms with E-state index in [-0.39, 0.29) is 5.91 Å². The first-order valence-corrected chi connectivity index (χ1v) is 9.39. The summed E-state index contributed by atoms with van der Waals surface area (Å²) in [6.07, 6.45) is 2.45. The second kappa shape index (κ2) is 6.59. The van der Waals surface area contributed by atoms with Gasteiger partial charge in [-0.2, -0.15) is 0 Å². The average Bonchev–Trinajstić information content (AvgIpc) is 3.33. The Balaban J connectivity index is 1.38. The van der Waals surface area contributed by atoms with Crippen LogP contribution in [0.4, 0.5) is 5.13 Å². The molecule has 0 saturated carbocycles. The summed E-state index contributed by atoms with van der Waals surface area (Å²) in [5.74, 6) is -0.0140. The van der Waals surface area contributed by atoms with Crippen molar-refractivity contribution in [3.63, 3.8) is 0 Å². The number of amides is 1. The van der Waals surface area contributed by atoms with Crippen LogP contribution in [0, 0.1) is 0 Å². The summed E-state index contributed by atoms with van der Waals surface area (Å²) in [5, 5.41) is 8.74. The molecule has 1 aromatic carbocycles. The molecule has 4 aromatic rings. The fourth-order valence-electron chi connectivity index (χ4n) is 2.61. The number of thiazole rings is 1. The van der Waals surface area contributed by atoms with E-state index in [1.165, 1.54) is 16.7 Å². The first-order chi connectivity index (χ1) is 11.8. The van der Waals surface area contributed by atoms with Crippen LogP contribution in [0.3, 0.4) is 0 Å².